The van der Waals surface area contributed by atoms with E-state index < -0.39 is 5.91 Å². The lowest BCUT2D eigenvalue weighted by atomic mass is 9.77. The number of hydrogen-bond acceptors (Lipinski definition) is 4. The van der Waals surface area contributed by atoms with Crippen LogP contribution in [-0.4, -0.2) is 26.5 Å². The fraction of sp³-hybridized carbons (Fsp3) is 0.200. The number of aromatic hydroxyl groups is 1. The molecule has 3 N–H and O–H groups in total. The van der Waals surface area contributed by atoms with Crippen molar-refractivity contribution >= 4 is 11.4 Å². The number of hydrogen-bond donors (Lipinski definition) is 2. The highest BCUT2D eigenvalue weighted by Gasteiger charge is 2.34. The van der Waals surface area contributed by atoms with Crippen molar-refractivity contribution < 1.29 is 14.6 Å². The van der Waals surface area contributed by atoms with Gasteiger partial charge in [0.25, 0.3) is 0 Å². The van der Waals surface area contributed by atoms with Gasteiger partial charge < -0.3 is 20.0 Å². The highest BCUT2D eigenvalue weighted by molar-refractivity contribution is 5.91. The van der Waals surface area contributed by atoms with E-state index in [2.05, 4.69) is 11.6 Å². The van der Waals surface area contributed by atoms with Gasteiger partial charge in [0.1, 0.15) is 23.1 Å². The summed E-state index contributed by atoms with van der Waals surface area (Å²) < 4.78 is 8.08. The summed E-state index contributed by atoms with van der Waals surface area (Å²) in [6.45, 7) is 3.76. The molecule has 1 fully saturated rings. The van der Waals surface area contributed by atoms with Gasteiger partial charge in [0.2, 0.25) is 5.91 Å². The van der Waals surface area contributed by atoms with E-state index in [0.717, 1.165) is 35.2 Å². The molecule has 1 saturated carbocycles. The van der Waals surface area contributed by atoms with Crippen molar-refractivity contribution in [2.45, 2.75) is 18.9 Å². The number of aromatic nitrogens is 2. The van der Waals surface area contributed by atoms with Gasteiger partial charge in [-0.25, -0.2) is 4.98 Å². The van der Waals surface area contributed by atoms with Crippen LogP contribution in [0.3, 0.4) is 0 Å². The average molecular weight is 349 g/mol. The van der Waals surface area contributed by atoms with E-state index in [1.807, 2.05) is 28.8 Å². The van der Waals surface area contributed by atoms with Crippen LogP contribution >= 0.6 is 0 Å². The largest absolute Gasteiger partial charge is 0.508 e. The van der Waals surface area contributed by atoms with E-state index in [0.29, 0.717) is 5.57 Å². The first-order chi connectivity index (χ1) is 12.5. The summed E-state index contributed by atoms with van der Waals surface area (Å²) in [4.78, 5) is 15.4. The van der Waals surface area contributed by atoms with Gasteiger partial charge in [0.05, 0.1) is 12.5 Å². The maximum atomic E-state index is 11.2. The van der Waals surface area contributed by atoms with E-state index in [1.165, 1.54) is 0 Å². The predicted molar refractivity (Wildman–Crippen MR) is 97.8 cm³/mol. The minimum atomic E-state index is -0.444. The zero-order chi connectivity index (χ0) is 18.3. The van der Waals surface area contributed by atoms with E-state index in [1.54, 1.807) is 24.7 Å². The number of primary amides is 1. The number of phenolic OH excluding ortho intramolecular Hbond substituents is 1. The zero-order valence-electron chi connectivity index (χ0n) is 14.1. The Balaban J connectivity index is 1.59. The van der Waals surface area contributed by atoms with Crippen LogP contribution in [0.2, 0.25) is 0 Å². The number of ether oxygens (including phenoxy) is 1. The van der Waals surface area contributed by atoms with E-state index in [9.17, 15) is 9.90 Å². The van der Waals surface area contributed by atoms with Crippen molar-refractivity contribution in [1.29, 1.82) is 0 Å². The number of pyridine rings is 1. The number of phenols is 1. The summed E-state index contributed by atoms with van der Waals surface area (Å²) in [5, 5.41) is 9.48. The zero-order valence-corrected chi connectivity index (χ0v) is 14.1. The molecule has 1 aliphatic carbocycles. The molecule has 2 aromatic heterocycles. The quantitative estimate of drug-likeness (QED) is 0.693. The molecule has 3 aromatic rings. The number of nitrogens with two attached hydrogens (primary N) is 1. The molecular weight excluding hydrogens is 330 g/mol. The van der Waals surface area contributed by atoms with E-state index >= 15 is 0 Å². The third-order valence-corrected chi connectivity index (χ3v) is 4.88. The number of rotatable bonds is 5. The number of carbonyl (C=O) groups excluding carboxylic acids is 1. The molecule has 0 spiro atoms. The average Bonchev–Trinajstić information content (AvgIpc) is 3.06. The van der Waals surface area contributed by atoms with Crippen LogP contribution in [0, 0.1) is 5.92 Å². The Morgan fingerprint density at radius 1 is 1.27 bits per heavy atom. The Kier molecular flexibility index (Phi) is 3.88. The van der Waals surface area contributed by atoms with Gasteiger partial charge >= 0.3 is 0 Å². The lowest BCUT2D eigenvalue weighted by Crippen LogP contribution is -2.37. The molecule has 1 aromatic carbocycles. The number of fused-ring (bicyclic) bond motifs is 1. The van der Waals surface area contributed by atoms with Crippen molar-refractivity contribution in [3.05, 3.63) is 61.2 Å². The fourth-order valence-electron chi connectivity index (χ4n) is 3.23. The van der Waals surface area contributed by atoms with Gasteiger partial charge in [0, 0.05) is 17.3 Å². The normalized spacial score (nSPS) is 19.1. The molecule has 6 nitrogen and oxygen atoms in total. The van der Waals surface area contributed by atoms with Gasteiger partial charge in [-0.2, -0.15) is 0 Å². The Morgan fingerprint density at radius 3 is 2.69 bits per heavy atom. The molecule has 4 rings (SSSR count). The molecule has 0 atom stereocenters. The second kappa shape index (κ2) is 6.22. The lowest BCUT2D eigenvalue weighted by Gasteiger charge is -2.35. The Hall–Kier alpha value is -3.28. The van der Waals surface area contributed by atoms with Gasteiger partial charge in [-0.15, -0.1) is 0 Å². The molecule has 0 saturated heterocycles. The monoisotopic (exact) mass is 349 g/mol. The topological polar surface area (TPSA) is 89.9 Å². The van der Waals surface area contributed by atoms with Crippen LogP contribution < -0.4 is 10.5 Å². The van der Waals surface area contributed by atoms with Gasteiger partial charge in [-0.1, -0.05) is 18.7 Å². The van der Waals surface area contributed by atoms with Gasteiger partial charge in [-0.3, -0.25) is 4.79 Å². The molecule has 2 heterocycles. The molecule has 0 bridgehead atoms. The third-order valence-electron chi connectivity index (χ3n) is 4.88. The van der Waals surface area contributed by atoms with Crippen LogP contribution in [-0.2, 0) is 4.79 Å². The minimum absolute atomic E-state index is 0.0184. The highest BCUT2D eigenvalue weighted by Crippen LogP contribution is 2.38. The van der Waals surface area contributed by atoms with Gasteiger partial charge in [0.15, 0.2) is 0 Å². The smallest absolute Gasteiger partial charge is 0.244 e. The first-order valence-corrected chi connectivity index (χ1v) is 8.41. The SMILES string of the molecule is C=C(C(N)=O)C1CC(Oc2cc(-c3ccc(O)cc3)cn3cncc23)C1. The summed E-state index contributed by atoms with van der Waals surface area (Å²) in [5.74, 6) is 0.616. The van der Waals surface area contributed by atoms with Crippen molar-refractivity contribution in [1.82, 2.24) is 9.38 Å². The second-order valence-corrected chi connectivity index (χ2v) is 6.62. The summed E-state index contributed by atoms with van der Waals surface area (Å²) in [7, 11) is 0. The Morgan fingerprint density at radius 2 is 2.00 bits per heavy atom. The van der Waals surface area contributed by atoms with Crippen molar-refractivity contribution in [3.8, 4) is 22.6 Å². The molecular formula is C20H19N3O3. The number of imidazole rings is 1. The Bertz CT molecular complexity index is 985. The summed E-state index contributed by atoms with van der Waals surface area (Å²) in [5.41, 5.74) is 8.57. The van der Waals surface area contributed by atoms with Crippen LogP contribution in [0.25, 0.3) is 16.6 Å². The molecule has 0 unspecified atom stereocenters. The fourth-order valence-corrected chi connectivity index (χ4v) is 3.23. The van der Waals surface area contributed by atoms with Crippen LogP contribution in [0.15, 0.2) is 61.2 Å². The summed E-state index contributed by atoms with van der Waals surface area (Å²) >= 11 is 0. The number of nitrogens with zero attached hydrogens (tertiary/aromatic N) is 2. The minimum Gasteiger partial charge on any atom is -0.508 e. The number of amides is 1. The number of carbonyl (C=O) groups is 1. The molecule has 132 valence electrons. The first-order valence-electron chi connectivity index (χ1n) is 8.41. The van der Waals surface area contributed by atoms with Crippen LogP contribution in [0.5, 0.6) is 11.5 Å². The maximum Gasteiger partial charge on any atom is 0.244 e. The molecule has 26 heavy (non-hydrogen) atoms. The van der Waals surface area contributed by atoms with Crippen LogP contribution in [0.4, 0.5) is 0 Å². The number of benzene rings is 1. The maximum absolute atomic E-state index is 11.2. The molecule has 6 heteroatoms. The standard InChI is InChI=1S/C20H19N3O3/c1-12(20(21)25)14-6-17(7-14)26-19-8-15(10-23-11-22-9-18(19)23)13-2-4-16(24)5-3-13/h2-5,8-11,14,17,24H,1,6-7H2,(H2,21,25). The van der Waals surface area contributed by atoms with Crippen molar-refractivity contribution in [2.24, 2.45) is 11.7 Å². The molecule has 0 aliphatic heterocycles. The third kappa shape index (κ3) is 2.90. The van der Waals surface area contributed by atoms with Crippen LogP contribution in [0.1, 0.15) is 12.8 Å². The Labute approximate surface area is 150 Å². The first kappa shape index (κ1) is 16.2. The molecule has 0 radical (unpaired) electrons. The second-order valence-electron chi connectivity index (χ2n) is 6.62. The van der Waals surface area contributed by atoms with E-state index in [4.69, 9.17) is 10.5 Å². The highest BCUT2D eigenvalue weighted by atomic mass is 16.5. The van der Waals surface area contributed by atoms with Crippen molar-refractivity contribution in [3.63, 3.8) is 0 Å². The predicted octanol–water partition coefficient (Wildman–Crippen LogP) is 2.91. The lowest BCUT2D eigenvalue weighted by molar-refractivity contribution is -0.115. The van der Waals surface area contributed by atoms with Crippen molar-refractivity contribution in [2.75, 3.05) is 0 Å². The summed E-state index contributed by atoms with van der Waals surface area (Å²) in [6, 6.07) is 8.99. The molecule has 1 aliphatic rings. The van der Waals surface area contributed by atoms with Gasteiger partial charge in [-0.05, 0) is 42.5 Å². The molecule has 1 amide bonds. The summed E-state index contributed by atoms with van der Waals surface area (Å²) in [6.07, 6.45) is 6.93. The van der Waals surface area contributed by atoms with E-state index in [-0.39, 0.29) is 17.8 Å².